The van der Waals surface area contributed by atoms with Crippen molar-refractivity contribution in [3.8, 4) is 0 Å². The molecule has 1 unspecified atom stereocenters. The van der Waals surface area contributed by atoms with E-state index >= 15 is 0 Å². The Kier molecular flexibility index (Phi) is 1.96. The molecule has 2 rings (SSSR count). The fraction of sp³-hybridized carbons (Fsp3) is 0.444. The molecule has 5 nitrogen and oxygen atoms in total. The first kappa shape index (κ1) is 9.08. The third-order valence-electron chi connectivity index (χ3n) is 2.46. The summed E-state index contributed by atoms with van der Waals surface area (Å²) in [7, 11) is 0. The van der Waals surface area contributed by atoms with Gasteiger partial charge in [-0.25, -0.2) is 4.98 Å². The molecule has 0 spiro atoms. The number of hydrogen-bond acceptors (Lipinski definition) is 4. The molecule has 0 bridgehead atoms. The van der Waals surface area contributed by atoms with Gasteiger partial charge in [0.05, 0.1) is 5.54 Å². The maximum absolute atomic E-state index is 6.10. The minimum Gasteiger partial charge on any atom is -0.319 e. The summed E-state index contributed by atoms with van der Waals surface area (Å²) in [6, 6.07) is 1.81. The van der Waals surface area contributed by atoms with Crippen molar-refractivity contribution in [1.29, 1.82) is 0 Å². The van der Waals surface area contributed by atoms with Crippen molar-refractivity contribution in [2.75, 3.05) is 0 Å². The molecule has 2 aromatic heterocycles. The van der Waals surface area contributed by atoms with Gasteiger partial charge in [-0.15, -0.1) is 10.2 Å². The molecular formula is C9H13N5. The lowest BCUT2D eigenvalue weighted by Gasteiger charge is -2.19. The first-order valence-electron chi connectivity index (χ1n) is 4.59. The van der Waals surface area contributed by atoms with Gasteiger partial charge in [-0.05, 0) is 13.3 Å². The zero-order valence-electron chi connectivity index (χ0n) is 8.31. The Balaban J connectivity index is 2.64. The molecule has 2 heterocycles. The van der Waals surface area contributed by atoms with Crippen LogP contribution in [0, 0.1) is 0 Å². The number of fused-ring (bicyclic) bond motifs is 1. The normalized spacial score (nSPS) is 15.6. The minimum atomic E-state index is -0.456. The number of rotatable bonds is 2. The Hall–Kier alpha value is -1.49. The van der Waals surface area contributed by atoms with Crippen LogP contribution in [0.4, 0.5) is 0 Å². The Morgan fingerprint density at radius 2 is 2.29 bits per heavy atom. The molecule has 0 aromatic carbocycles. The summed E-state index contributed by atoms with van der Waals surface area (Å²) in [6.45, 7) is 3.97. The zero-order chi connectivity index (χ0) is 10.2. The average Bonchev–Trinajstić information content (AvgIpc) is 2.61. The Labute approximate surface area is 82.0 Å². The van der Waals surface area contributed by atoms with E-state index in [1.807, 2.05) is 24.3 Å². The molecule has 0 fully saturated rings. The first-order chi connectivity index (χ1) is 6.65. The second kappa shape index (κ2) is 3.02. The topological polar surface area (TPSA) is 69.1 Å². The quantitative estimate of drug-likeness (QED) is 0.759. The summed E-state index contributed by atoms with van der Waals surface area (Å²) in [5, 5.41) is 8.11. The maximum atomic E-state index is 6.10. The van der Waals surface area contributed by atoms with Gasteiger partial charge in [0, 0.05) is 12.3 Å². The van der Waals surface area contributed by atoms with Gasteiger partial charge in [0.25, 0.3) is 0 Å². The van der Waals surface area contributed by atoms with Crippen LogP contribution in [0.5, 0.6) is 0 Å². The second-order valence-electron chi connectivity index (χ2n) is 3.60. The fourth-order valence-corrected chi connectivity index (χ4v) is 1.29. The molecule has 0 aliphatic carbocycles. The van der Waals surface area contributed by atoms with E-state index in [1.54, 1.807) is 12.5 Å². The number of nitrogens with zero attached hydrogens (tertiary/aromatic N) is 4. The molecule has 2 N–H and O–H groups in total. The Morgan fingerprint density at radius 1 is 1.50 bits per heavy atom. The molecule has 0 aliphatic heterocycles. The van der Waals surface area contributed by atoms with Crippen LogP contribution in [-0.4, -0.2) is 19.6 Å². The first-order valence-corrected chi connectivity index (χ1v) is 4.59. The summed E-state index contributed by atoms with van der Waals surface area (Å²) >= 11 is 0. The van der Waals surface area contributed by atoms with E-state index in [1.165, 1.54) is 0 Å². The third-order valence-corrected chi connectivity index (χ3v) is 2.46. The van der Waals surface area contributed by atoms with Gasteiger partial charge in [-0.3, -0.25) is 4.40 Å². The van der Waals surface area contributed by atoms with E-state index in [2.05, 4.69) is 15.2 Å². The van der Waals surface area contributed by atoms with Gasteiger partial charge >= 0.3 is 0 Å². The van der Waals surface area contributed by atoms with E-state index < -0.39 is 5.54 Å². The molecule has 0 radical (unpaired) electrons. The molecule has 0 aliphatic rings. The van der Waals surface area contributed by atoms with Crippen LogP contribution in [0.1, 0.15) is 26.1 Å². The molecule has 0 saturated heterocycles. The lowest BCUT2D eigenvalue weighted by atomic mass is 10.00. The van der Waals surface area contributed by atoms with Gasteiger partial charge < -0.3 is 5.73 Å². The van der Waals surface area contributed by atoms with Gasteiger partial charge in [0.2, 0.25) is 0 Å². The van der Waals surface area contributed by atoms with Gasteiger partial charge in [-0.1, -0.05) is 6.92 Å². The van der Waals surface area contributed by atoms with E-state index in [0.29, 0.717) is 0 Å². The fourth-order valence-electron chi connectivity index (χ4n) is 1.29. The average molecular weight is 191 g/mol. The van der Waals surface area contributed by atoms with E-state index in [4.69, 9.17) is 5.73 Å². The predicted octanol–water partition coefficient (Wildman–Crippen LogP) is 0.708. The minimum absolute atomic E-state index is 0.456. The highest BCUT2D eigenvalue weighted by Crippen LogP contribution is 2.19. The highest BCUT2D eigenvalue weighted by molar-refractivity contribution is 5.36. The SMILES string of the molecule is CCC(C)(N)c1nnc2ccncn12. The smallest absolute Gasteiger partial charge is 0.163 e. The van der Waals surface area contributed by atoms with Crippen molar-refractivity contribution in [3.63, 3.8) is 0 Å². The lowest BCUT2D eigenvalue weighted by molar-refractivity contribution is 0.440. The summed E-state index contributed by atoms with van der Waals surface area (Å²) in [5.74, 6) is 0.753. The van der Waals surface area contributed by atoms with Gasteiger partial charge in [-0.2, -0.15) is 0 Å². The predicted molar refractivity (Wildman–Crippen MR) is 52.6 cm³/mol. The monoisotopic (exact) mass is 191 g/mol. The van der Waals surface area contributed by atoms with Crippen LogP contribution in [0.15, 0.2) is 18.6 Å². The largest absolute Gasteiger partial charge is 0.319 e. The van der Waals surface area contributed by atoms with Crippen LogP contribution in [0.25, 0.3) is 5.65 Å². The van der Waals surface area contributed by atoms with E-state index in [9.17, 15) is 0 Å². The van der Waals surface area contributed by atoms with E-state index in [0.717, 1.165) is 17.9 Å². The lowest BCUT2D eigenvalue weighted by Crippen LogP contribution is -2.34. The zero-order valence-corrected chi connectivity index (χ0v) is 8.31. The number of aromatic nitrogens is 4. The molecule has 74 valence electrons. The standard InChI is InChI=1S/C9H13N5/c1-3-9(2,10)8-13-12-7-4-5-11-6-14(7)8/h4-6H,3,10H2,1-2H3. The highest BCUT2D eigenvalue weighted by atomic mass is 15.3. The van der Waals surface area contributed by atoms with Crippen LogP contribution >= 0.6 is 0 Å². The molecular weight excluding hydrogens is 178 g/mol. The van der Waals surface area contributed by atoms with Crippen molar-refractivity contribution in [1.82, 2.24) is 19.6 Å². The van der Waals surface area contributed by atoms with Gasteiger partial charge in [0.15, 0.2) is 11.5 Å². The van der Waals surface area contributed by atoms with Gasteiger partial charge in [0.1, 0.15) is 6.33 Å². The van der Waals surface area contributed by atoms with Crippen LogP contribution in [0.2, 0.25) is 0 Å². The van der Waals surface area contributed by atoms with E-state index in [-0.39, 0.29) is 0 Å². The second-order valence-corrected chi connectivity index (χ2v) is 3.60. The molecule has 14 heavy (non-hydrogen) atoms. The van der Waals surface area contributed by atoms with Crippen LogP contribution < -0.4 is 5.73 Å². The number of hydrogen-bond donors (Lipinski definition) is 1. The van der Waals surface area contributed by atoms with Crippen LogP contribution in [0.3, 0.4) is 0 Å². The Morgan fingerprint density at radius 3 is 3.00 bits per heavy atom. The van der Waals surface area contributed by atoms with Crippen molar-refractivity contribution in [2.45, 2.75) is 25.8 Å². The summed E-state index contributed by atoms with van der Waals surface area (Å²) in [6.07, 6.45) is 4.18. The van der Waals surface area contributed by atoms with Crippen molar-refractivity contribution < 1.29 is 0 Å². The third kappa shape index (κ3) is 1.26. The summed E-state index contributed by atoms with van der Waals surface area (Å²) in [5.41, 5.74) is 6.42. The maximum Gasteiger partial charge on any atom is 0.163 e. The molecule has 0 saturated carbocycles. The summed E-state index contributed by atoms with van der Waals surface area (Å²) in [4.78, 5) is 4.02. The van der Waals surface area contributed by atoms with Crippen molar-refractivity contribution >= 4 is 5.65 Å². The molecule has 2 aromatic rings. The molecule has 5 heteroatoms. The number of nitrogens with two attached hydrogens (primary N) is 1. The summed E-state index contributed by atoms with van der Waals surface area (Å²) < 4.78 is 1.82. The van der Waals surface area contributed by atoms with Crippen molar-refractivity contribution in [2.24, 2.45) is 5.73 Å². The highest BCUT2D eigenvalue weighted by Gasteiger charge is 2.24. The molecule has 0 amide bonds. The van der Waals surface area contributed by atoms with Crippen LogP contribution in [-0.2, 0) is 5.54 Å². The molecule has 1 atom stereocenters. The van der Waals surface area contributed by atoms with Crippen molar-refractivity contribution in [3.05, 3.63) is 24.4 Å². The Bertz CT molecular complexity index is 445.